The van der Waals surface area contributed by atoms with E-state index in [2.05, 4.69) is 6.08 Å². The van der Waals surface area contributed by atoms with E-state index in [9.17, 15) is 5.11 Å². The molecule has 0 amide bonds. The van der Waals surface area contributed by atoms with Gasteiger partial charge in [0.05, 0.1) is 12.2 Å². The monoisotopic (exact) mass is 195 g/mol. The van der Waals surface area contributed by atoms with Crippen LogP contribution in [0.15, 0.2) is 23.5 Å². The number of ether oxygens (including phenoxy) is 1. The molecule has 2 aliphatic rings. The van der Waals surface area contributed by atoms with E-state index in [0.29, 0.717) is 6.42 Å². The SMILES string of the molecule is CC1CC(N)C(O)C2=C(C=CCC2)O1. The molecule has 0 aromatic carbocycles. The van der Waals surface area contributed by atoms with E-state index >= 15 is 0 Å². The molecule has 0 saturated heterocycles. The molecule has 1 heterocycles. The molecule has 0 aromatic rings. The smallest absolute Gasteiger partial charge is 0.121 e. The standard InChI is InChI=1S/C11H17NO2/c1-7-6-9(12)11(13)8-4-2-3-5-10(8)14-7/h3,5,7,9,11,13H,2,4,6,12H2,1H3. The molecule has 0 spiro atoms. The van der Waals surface area contributed by atoms with E-state index in [0.717, 1.165) is 24.2 Å². The molecule has 3 N–H and O–H groups in total. The Morgan fingerprint density at radius 1 is 1.57 bits per heavy atom. The van der Waals surface area contributed by atoms with Crippen LogP contribution in [-0.4, -0.2) is 23.4 Å². The maximum absolute atomic E-state index is 9.97. The maximum Gasteiger partial charge on any atom is 0.121 e. The van der Waals surface area contributed by atoms with Gasteiger partial charge in [0.1, 0.15) is 5.76 Å². The molecule has 0 fully saturated rings. The minimum atomic E-state index is -0.528. The van der Waals surface area contributed by atoms with E-state index in [1.54, 1.807) is 0 Å². The minimum absolute atomic E-state index is 0.0925. The van der Waals surface area contributed by atoms with Gasteiger partial charge in [-0.25, -0.2) is 0 Å². The first-order chi connectivity index (χ1) is 6.68. The maximum atomic E-state index is 9.97. The van der Waals surface area contributed by atoms with Crippen LogP contribution in [0.5, 0.6) is 0 Å². The first-order valence-corrected chi connectivity index (χ1v) is 5.18. The van der Waals surface area contributed by atoms with Crippen LogP contribution < -0.4 is 5.73 Å². The summed E-state index contributed by atoms with van der Waals surface area (Å²) in [6.07, 6.45) is 6.15. The molecule has 3 heteroatoms. The summed E-state index contributed by atoms with van der Waals surface area (Å²) in [4.78, 5) is 0. The van der Waals surface area contributed by atoms with Gasteiger partial charge in [-0.1, -0.05) is 6.08 Å². The predicted molar refractivity (Wildman–Crippen MR) is 54.5 cm³/mol. The second-order valence-electron chi connectivity index (χ2n) is 4.10. The molecule has 0 saturated carbocycles. The van der Waals surface area contributed by atoms with E-state index < -0.39 is 6.10 Å². The highest BCUT2D eigenvalue weighted by atomic mass is 16.5. The van der Waals surface area contributed by atoms with Crippen molar-refractivity contribution in [2.24, 2.45) is 5.73 Å². The second-order valence-corrected chi connectivity index (χ2v) is 4.10. The molecule has 3 unspecified atom stereocenters. The normalized spacial score (nSPS) is 37.5. The Morgan fingerprint density at radius 2 is 2.36 bits per heavy atom. The third-order valence-electron chi connectivity index (χ3n) is 2.86. The molecular formula is C11H17NO2. The number of aliphatic hydroxyl groups is 1. The number of hydrogen-bond donors (Lipinski definition) is 2. The highest BCUT2D eigenvalue weighted by Crippen LogP contribution is 2.29. The molecule has 3 atom stereocenters. The van der Waals surface area contributed by atoms with E-state index in [4.69, 9.17) is 10.5 Å². The summed E-state index contributed by atoms with van der Waals surface area (Å²) >= 11 is 0. The Kier molecular flexibility index (Phi) is 2.61. The highest BCUT2D eigenvalue weighted by Gasteiger charge is 2.29. The van der Waals surface area contributed by atoms with Crippen LogP contribution in [0.4, 0.5) is 0 Å². The van der Waals surface area contributed by atoms with Crippen LogP contribution in [0.1, 0.15) is 26.2 Å². The van der Waals surface area contributed by atoms with Crippen molar-refractivity contribution >= 4 is 0 Å². The third kappa shape index (κ3) is 1.70. The fourth-order valence-electron chi connectivity index (χ4n) is 2.10. The molecule has 0 aromatic heterocycles. The predicted octanol–water partition coefficient (Wildman–Crippen LogP) is 1.09. The fourth-order valence-corrected chi connectivity index (χ4v) is 2.10. The van der Waals surface area contributed by atoms with E-state index in [1.807, 2.05) is 13.0 Å². The van der Waals surface area contributed by atoms with Gasteiger partial charge >= 0.3 is 0 Å². The van der Waals surface area contributed by atoms with Crippen molar-refractivity contribution in [3.63, 3.8) is 0 Å². The van der Waals surface area contributed by atoms with Gasteiger partial charge in [-0.3, -0.25) is 0 Å². The molecule has 0 radical (unpaired) electrons. The molecule has 14 heavy (non-hydrogen) atoms. The first-order valence-electron chi connectivity index (χ1n) is 5.18. The Hall–Kier alpha value is -0.800. The van der Waals surface area contributed by atoms with Crippen molar-refractivity contribution in [3.8, 4) is 0 Å². The Labute approximate surface area is 84.2 Å². The number of allylic oxidation sites excluding steroid dienone is 2. The molecule has 2 rings (SSSR count). The van der Waals surface area contributed by atoms with Crippen LogP contribution >= 0.6 is 0 Å². The van der Waals surface area contributed by atoms with Crippen LogP contribution in [0.3, 0.4) is 0 Å². The van der Waals surface area contributed by atoms with Crippen molar-refractivity contribution in [1.82, 2.24) is 0 Å². The molecule has 1 aliphatic carbocycles. The van der Waals surface area contributed by atoms with Gasteiger partial charge < -0.3 is 15.6 Å². The average molecular weight is 195 g/mol. The number of aliphatic hydroxyl groups excluding tert-OH is 1. The summed E-state index contributed by atoms with van der Waals surface area (Å²) < 4.78 is 5.71. The van der Waals surface area contributed by atoms with Gasteiger partial charge in [-0.05, 0) is 25.8 Å². The molecule has 1 aliphatic heterocycles. The van der Waals surface area contributed by atoms with E-state index in [1.165, 1.54) is 0 Å². The number of hydrogen-bond acceptors (Lipinski definition) is 3. The van der Waals surface area contributed by atoms with Gasteiger partial charge in [0, 0.05) is 18.0 Å². The van der Waals surface area contributed by atoms with Gasteiger partial charge in [0.2, 0.25) is 0 Å². The van der Waals surface area contributed by atoms with Gasteiger partial charge in [-0.15, -0.1) is 0 Å². The summed E-state index contributed by atoms with van der Waals surface area (Å²) in [5.41, 5.74) is 6.86. The summed E-state index contributed by atoms with van der Waals surface area (Å²) in [5.74, 6) is 0.837. The van der Waals surface area contributed by atoms with Crippen molar-refractivity contribution in [2.75, 3.05) is 0 Å². The highest BCUT2D eigenvalue weighted by molar-refractivity contribution is 5.29. The van der Waals surface area contributed by atoms with Crippen molar-refractivity contribution in [2.45, 2.75) is 44.4 Å². The lowest BCUT2D eigenvalue weighted by atomic mass is 9.93. The second kappa shape index (κ2) is 3.75. The minimum Gasteiger partial charge on any atom is -0.491 e. The summed E-state index contributed by atoms with van der Waals surface area (Å²) in [7, 11) is 0. The zero-order valence-corrected chi connectivity index (χ0v) is 8.44. The molecular weight excluding hydrogens is 178 g/mol. The zero-order valence-electron chi connectivity index (χ0n) is 8.44. The van der Waals surface area contributed by atoms with E-state index in [-0.39, 0.29) is 12.1 Å². The van der Waals surface area contributed by atoms with Crippen LogP contribution in [-0.2, 0) is 4.74 Å². The van der Waals surface area contributed by atoms with Gasteiger partial charge in [0.25, 0.3) is 0 Å². The summed E-state index contributed by atoms with van der Waals surface area (Å²) in [5, 5.41) is 9.97. The Morgan fingerprint density at radius 3 is 3.14 bits per heavy atom. The van der Waals surface area contributed by atoms with Crippen molar-refractivity contribution in [1.29, 1.82) is 0 Å². The van der Waals surface area contributed by atoms with Crippen LogP contribution in [0.25, 0.3) is 0 Å². The number of nitrogens with two attached hydrogens (primary N) is 1. The lowest BCUT2D eigenvalue weighted by Crippen LogP contribution is -2.37. The average Bonchev–Trinajstić information content (AvgIpc) is 2.26. The first kappa shape index (κ1) is 9.74. The lowest BCUT2D eigenvalue weighted by Gasteiger charge is -2.20. The van der Waals surface area contributed by atoms with Crippen LogP contribution in [0, 0.1) is 0 Å². The molecule has 78 valence electrons. The quantitative estimate of drug-likeness (QED) is 0.608. The van der Waals surface area contributed by atoms with Crippen molar-refractivity contribution < 1.29 is 9.84 Å². The molecule has 0 bridgehead atoms. The fraction of sp³-hybridized carbons (Fsp3) is 0.636. The van der Waals surface area contributed by atoms with Crippen molar-refractivity contribution in [3.05, 3.63) is 23.5 Å². The Balaban J connectivity index is 2.30. The zero-order chi connectivity index (χ0) is 10.1. The largest absolute Gasteiger partial charge is 0.491 e. The van der Waals surface area contributed by atoms with Gasteiger partial charge in [-0.2, -0.15) is 0 Å². The summed E-state index contributed by atoms with van der Waals surface area (Å²) in [6, 6.07) is -0.191. The Bertz CT molecular complexity index is 283. The topological polar surface area (TPSA) is 55.5 Å². The third-order valence-corrected chi connectivity index (χ3v) is 2.86. The molecule has 3 nitrogen and oxygen atoms in total. The lowest BCUT2D eigenvalue weighted by molar-refractivity contribution is 0.123. The van der Waals surface area contributed by atoms with Crippen LogP contribution in [0.2, 0.25) is 0 Å². The number of rotatable bonds is 0. The van der Waals surface area contributed by atoms with Gasteiger partial charge in [0.15, 0.2) is 0 Å². The summed E-state index contributed by atoms with van der Waals surface area (Å²) in [6.45, 7) is 1.99.